The summed E-state index contributed by atoms with van der Waals surface area (Å²) < 4.78 is 7.72. The molecule has 8 heteroatoms. The highest BCUT2D eigenvalue weighted by Gasteiger charge is 2.32. The van der Waals surface area contributed by atoms with Crippen LogP contribution in [-0.4, -0.2) is 50.3 Å². The average Bonchev–Trinajstić information content (AvgIpc) is 3.26. The molecule has 0 saturated carbocycles. The molecule has 0 N–H and O–H groups in total. The van der Waals surface area contributed by atoms with Gasteiger partial charge in [0.05, 0.1) is 23.3 Å². The van der Waals surface area contributed by atoms with Gasteiger partial charge in [0, 0.05) is 37.5 Å². The highest BCUT2D eigenvalue weighted by atomic mass is 32.1. The summed E-state index contributed by atoms with van der Waals surface area (Å²) in [4.78, 5) is 19.0. The number of nitrogens with zero attached hydrogens (tertiary/aromatic N) is 5. The Morgan fingerprint density at radius 3 is 2.88 bits per heavy atom. The average molecular weight is 375 g/mol. The van der Waals surface area contributed by atoms with Gasteiger partial charge >= 0.3 is 0 Å². The van der Waals surface area contributed by atoms with Crippen LogP contribution in [0.25, 0.3) is 0 Å². The Morgan fingerprint density at radius 2 is 2.15 bits per heavy atom. The van der Waals surface area contributed by atoms with Gasteiger partial charge < -0.3 is 14.2 Å². The minimum Gasteiger partial charge on any atom is -0.381 e. The molecule has 7 nitrogen and oxygen atoms in total. The molecule has 0 radical (unpaired) electrons. The Labute approximate surface area is 157 Å². The molecule has 4 heterocycles. The van der Waals surface area contributed by atoms with Crippen LogP contribution < -0.4 is 0 Å². The van der Waals surface area contributed by atoms with Crippen molar-refractivity contribution < 1.29 is 9.53 Å². The van der Waals surface area contributed by atoms with E-state index < -0.39 is 0 Å². The third-order valence-electron chi connectivity index (χ3n) is 5.25. The van der Waals surface area contributed by atoms with Crippen molar-refractivity contribution in [1.82, 2.24) is 24.6 Å². The van der Waals surface area contributed by atoms with Crippen molar-refractivity contribution in [3.05, 3.63) is 27.7 Å². The number of hydrogen-bond donors (Lipinski definition) is 0. The molecule has 1 amide bonds. The molecule has 4 rings (SSSR count). The maximum atomic E-state index is 12.7. The monoisotopic (exact) mass is 375 g/mol. The molecule has 2 aliphatic heterocycles. The van der Waals surface area contributed by atoms with Gasteiger partial charge in [-0.05, 0) is 33.1 Å². The fourth-order valence-corrected chi connectivity index (χ4v) is 4.55. The van der Waals surface area contributed by atoms with Crippen molar-refractivity contribution in [1.29, 1.82) is 0 Å². The van der Waals surface area contributed by atoms with E-state index in [4.69, 9.17) is 4.74 Å². The molecule has 0 spiro atoms. The van der Waals surface area contributed by atoms with Gasteiger partial charge in [0.1, 0.15) is 5.82 Å². The molecule has 0 bridgehead atoms. The molecule has 0 unspecified atom stereocenters. The highest BCUT2D eigenvalue weighted by Crippen LogP contribution is 2.31. The first kappa shape index (κ1) is 17.6. The number of carbonyl (C=O) groups excluding carboxylic acids is 1. The first-order valence-corrected chi connectivity index (χ1v) is 10.2. The van der Waals surface area contributed by atoms with Crippen molar-refractivity contribution in [2.24, 2.45) is 0 Å². The summed E-state index contributed by atoms with van der Waals surface area (Å²) in [6, 6.07) is 0.206. The fourth-order valence-electron chi connectivity index (χ4n) is 3.90. The van der Waals surface area contributed by atoms with Gasteiger partial charge in [-0.15, -0.1) is 21.5 Å². The van der Waals surface area contributed by atoms with Crippen LogP contribution >= 0.6 is 11.3 Å². The lowest BCUT2D eigenvalue weighted by Gasteiger charge is -2.34. The minimum absolute atomic E-state index is 0.171. The first-order chi connectivity index (χ1) is 12.6. The molecule has 2 aliphatic rings. The van der Waals surface area contributed by atoms with Crippen LogP contribution in [0, 0.1) is 6.92 Å². The van der Waals surface area contributed by atoms with Gasteiger partial charge in [-0.1, -0.05) is 0 Å². The predicted octanol–water partition coefficient (Wildman–Crippen LogP) is 2.47. The smallest absolute Gasteiger partial charge is 0.223 e. The van der Waals surface area contributed by atoms with Crippen LogP contribution in [0.4, 0.5) is 0 Å². The Balaban J connectivity index is 1.42. The van der Waals surface area contributed by atoms with Crippen molar-refractivity contribution in [3.63, 3.8) is 0 Å². The standard InChI is InChI=1S/C18H25N5O2S/c1-12-9-22(17(24)4-3-15-11-26-13(2)19-15)10-16-20-21-18(23(12)16)14-5-7-25-8-6-14/h11-12,14H,3-10H2,1-2H3/t12-/m0/s1. The molecular formula is C18H25N5O2S. The Morgan fingerprint density at radius 1 is 1.35 bits per heavy atom. The minimum atomic E-state index is 0.171. The van der Waals surface area contributed by atoms with E-state index in [2.05, 4.69) is 26.7 Å². The Hall–Kier alpha value is -1.80. The summed E-state index contributed by atoms with van der Waals surface area (Å²) in [6.07, 6.45) is 3.20. The van der Waals surface area contributed by atoms with Gasteiger partial charge in [-0.2, -0.15) is 0 Å². The normalized spacial score (nSPS) is 21.0. The quantitative estimate of drug-likeness (QED) is 0.821. The van der Waals surface area contributed by atoms with E-state index in [0.29, 0.717) is 25.3 Å². The molecule has 1 atom stereocenters. The number of amides is 1. The molecule has 2 aromatic heterocycles. The molecule has 1 fully saturated rings. The number of fused-ring (bicyclic) bond motifs is 1. The Bertz CT molecular complexity index is 780. The summed E-state index contributed by atoms with van der Waals surface area (Å²) in [7, 11) is 0. The van der Waals surface area contributed by atoms with Crippen molar-refractivity contribution in [2.45, 2.75) is 58.0 Å². The third kappa shape index (κ3) is 3.53. The molecular weight excluding hydrogens is 350 g/mol. The summed E-state index contributed by atoms with van der Waals surface area (Å²) in [5, 5.41) is 12.0. The van der Waals surface area contributed by atoms with Crippen LogP contribution in [-0.2, 0) is 22.5 Å². The van der Waals surface area contributed by atoms with E-state index in [1.54, 1.807) is 11.3 Å². The number of rotatable bonds is 4. The zero-order valence-electron chi connectivity index (χ0n) is 15.3. The summed E-state index contributed by atoms with van der Waals surface area (Å²) in [5.41, 5.74) is 1.01. The molecule has 0 aromatic carbocycles. The number of carbonyl (C=O) groups is 1. The van der Waals surface area contributed by atoms with Crippen LogP contribution in [0.5, 0.6) is 0 Å². The SMILES string of the molecule is Cc1nc(CCC(=O)N2Cc3nnc(C4CCOCC4)n3[C@@H](C)C2)cs1. The lowest BCUT2D eigenvalue weighted by molar-refractivity contribution is -0.133. The van der Waals surface area contributed by atoms with Gasteiger partial charge in [0.15, 0.2) is 5.82 Å². The molecule has 1 saturated heterocycles. The molecule has 0 aliphatic carbocycles. The largest absolute Gasteiger partial charge is 0.381 e. The second-order valence-corrected chi connectivity index (χ2v) is 8.27. The first-order valence-electron chi connectivity index (χ1n) is 9.32. The van der Waals surface area contributed by atoms with E-state index in [0.717, 1.165) is 55.0 Å². The number of aromatic nitrogens is 4. The van der Waals surface area contributed by atoms with E-state index in [1.807, 2.05) is 17.2 Å². The summed E-state index contributed by atoms with van der Waals surface area (Å²) in [6.45, 7) is 7.00. The van der Waals surface area contributed by atoms with Crippen LogP contribution in [0.3, 0.4) is 0 Å². The van der Waals surface area contributed by atoms with Gasteiger partial charge in [-0.3, -0.25) is 4.79 Å². The van der Waals surface area contributed by atoms with E-state index >= 15 is 0 Å². The Kier molecular flexibility index (Phi) is 5.04. The number of thiazole rings is 1. The van der Waals surface area contributed by atoms with E-state index in [1.165, 1.54) is 0 Å². The summed E-state index contributed by atoms with van der Waals surface area (Å²) in [5.74, 6) is 2.57. The number of ether oxygens (including phenoxy) is 1. The maximum Gasteiger partial charge on any atom is 0.223 e. The van der Waals surface area contributed by atoms with Crippen LogP contribution in [0.2, 0.25) is 0 Å². The van der Waals surface area contributed by atoms with Crippen LogP contribution in [0.1, 0.15) is 60.5 Å². The van der Waals surface area contributed by atoms with Gasteiger partial charge in [0.2, 0.25) is 5.91 Å². The maximum absolute atomic E-state index is 12.7. The van der Waals surface area contributed by atoms with Gasteiger partial charge in [0.25, 0.3) is 0 Å². The topological polar surface area (TPSA) is 73.1 Å². The fraction of sp³-hybridized carbons (Fsp3) is 0.667. The summed E-state index contributed by atoms with van der Waals surface area (Å²) >= 11 is 1.63. The lowest BCUT2D eigenvalue weighted by atomic mass is 9.99. The number of aryl methyl sites for hydroxylation is 2. The molecule has 140 valence electrons. The van der Waals surface area contributed by atoms with Crippen molar-refractivity contribution in [2.75, 3.05) is 19.8 Å². The van der Waals surface area contributed by atoms with Crippen molar-refractivity contribution >= 4 is 17.2 Å². The lowest BCUT2D eigenvalue weighted by Crippen LogP contribution is -2.41. The number of hydrogen-bond acceptors (Lipinski definition) is 6. The molecule has 2 aromatic rings. The van der Waals surface area contributed by atoms with E-state index in [9.17, 15) is 4.79 Å². The third-order valence-corrected chi connectivity index (χ3v) is 6.07. The van der Waals surface area contributed by atoms with Gasteiger partial charge in [-0.25, -0.2) is 4.98 Å². The van der Waals surface area contributed by atoms with Crippen molar-refractivity contribution in [3.8, 4) is 0 Å². The molecule has 26 heavy (non-hydrogen) atoms. The predicted molar refractivity (Wildman–Crippen MR) is 98.1 cm³/mol. The van der Waals surface area contributed by atoms with E-state index in [-0.39, 0.29) is 11.9 Å². The van der Waals surface area contributed by atoms with Crippen LogP contribution in [0.15, 0.2) is 5.38 Å². The zero-order valence-corrected chi connectivity index (χ0v) is 16.2. The zero-order chi connectivity index (χ0) is 18.1. The second kappa shape index (κ2) is 7.44. The second-order valence-electron chi connectivity index (χ2n) is 7.21. The highest BCUT2D eigenvalue weighted by molar-refractivity contribution is 7.09.